The smallest absolute Gasteiger partial charge is 0.321 e. The van der Waals surface area contributed by atoms with Crippen LogP contribution in [0.25, 0.3) is 5.69 Å². The lowest BCUT2D eigenvalue weighted by molar-refractivity contribution is 0.202. The average molecular weight is 277 g/mol. The van der Waals surface area contributed by atoms with E-state index >= 15 is 0 Å². The van der Waals surface area contributed by atoms with Crippen LogP contribution in [0.5, 0.6) is 0 Å². The number of hydrogen-bond donors (Lipinski definition) is 2. The molecule has 0 radical (unpaired) electrons. The van der Waals surface area contributed by atoms with E-state index in [1.807, 2.05) is 29.1 Å². The van der Waals surface area contributed by atoms with Gasteiger partial charge in [0.05, 0.1) is 12.3 Å². The number of amides is 2. The molecule has 0 saturated carbocycles. The summed E-state index contributed by atoms with van der Waals surface area (Å²) < 4.78 is 15.5. The molecule has 0 aliphatic carbocycles. The van der Waals surface area contributed by atoms with Crippen LogP contribution in [0, 0.1) is 5.82 Å². The maximum absolute atomic E-state index is 13.7. The van der Waals surface area contributed by atoms with E-state index in [1.54, 1.807) is 12.1 Å². The molecular weight excluding hydrogens is 261 g/mol. The van der Waals surface area contributed by atoms with Crippen molar-refractivity contribution >= 4 is 11.7 Å². The molecule has 2 aromatic rings. The van der Waals surface area contributed by atoms with Gasteiger partial charge < -0.3 is 19.9 Å². The van der Waals surface area contributed by atoms with Crippen molar-refractivity contribution in [1.82, 2.24) is 9.47 Å². The number of aliphatic hydroxyl groups excluding tert-OH is 1. The number of hydrogen-bond acceptors (Lipinski definition) is 2. The molecule has 106 valence electrons. The second-order valence-corrected chi connectivity index (χ2v) is 4.33. The van der Waals surface area contributed by atoms with E-state index < -0.39 is 11.8 Å². The quantitative estimate of drug-likeness (QED) is 0.899. The molecule has 2 rings (SSSR count). The van der Waals surface area contributed by atoms with Gasteiger partial charge in [0, 0.05) is 31.7 Å². The van der Waals surface area contributed by atoms with Gasteiger partial charge in [-0.3, -0.25) is 0 Å². The van der Waals surface area contributed by atoms with Crippen LogP contribution in [-0.2, 0) is 0 Å². The minimum absolute atomic E-state index is 0.103. The molecule has 1 aromatic carbocycles. The van der Waals surface area contributed by atoms with Gasteiger partial charge in [0.2, 0.25) is 0 Å². The number of nitrogens with zero attached hydrogens (tertiary/aromatic N) is 2. The van der Waals surface area contributed by atoms with Crippen LogP contribution in [0.3, 0.4) is 0 Å². The summed E-state index contributed by atoms with van der Waals surface area (Å²) in [5.74, 6) is -0.508. The zero-order chi connectivity index (χ0) is 14.5. The molecular formula is C14H16FN3O2. The van der Waals surface area contributed by atoms with Crippen molar-refractivity contribution in [1.29, 1.82) is 0 Å². The predicted octanol–water partition coefficient (Wildman–Crippen LogP) is 2.07. The Kier molecular flexibility index (Phi) is 4.37. The number of nitrogens with one attached hydrogen (secondary N) is 1. The van der Waals surface area contributed by atoms with Crippen LogP contribution in [0.2, 0.25) is 0 Å². The van der Waals surface area contributed by atoms with Gasteiger partial charge in [-0.15, -0.1) is 0 Å². The van der Waals surface area contributed by atoms with E-state index in [0.29, 0.717) is 0 Å². The summed E-state index contributed by atoms with van der Waals surface area (Å²) in [6, 6.07) is 7.73. The molecule has 0 unspecified atom stereocenters. The summed E-state index contributed by atoms with van der Waals surface area (Å²) in [6.45, 7) is 0.0422. The Balaban J connectivity index is 2.19. The van der Waals surface area contributed by atoms with Gasteiger partial charge in [0.1, 0.15) is 5.82 Å². The summed E-state index contributed by atoms with van der Waals surface area (Å²) >= 11 is 0. The maximum Gasteiger partial charge on any atom is 0.321 e. The minimum Gasteiger partial charge on any atom is -0.395 e. The number of carbonyl (C=O) groups excluding carboxylic acids is 1. The van der Waals surface area contributed by atoms with Gasteiger partial charge in [-0.1, -0.05) is 0 Å². The Labute approximate surface area is 116 Å². The highest BCUT2D eigenvalue weighted by atomic mass is 19.1. The molecule has 2 amide bonds. The van der Waals surface area contributed by atoms with Crippen molar-refractivity contribution in [3.63, 3.8) is 0 Å². The lowest BCUT2D eigenvalue weighted by Gasteiger charge is -2.17. The first kappa shape index (κ1) is 14.1. The number of likely N-dealkylation sites (N-methyl/N-ethyl adjacent to an activating group) is 1. The van der Waals surface area contributed by atoms with Crippen molar-refractivity contribution in [2.75, 3.05) is 25.5 Å². The Morgan fingerprint density at radius 3 is 2.75 bits per heavy atom. The molecule has 0 bridgehead atoms. The van der Waals surface area contributed by atoms with E-state index in [9.17, 15) is 9.18 Å². The molecule has 0 spiro atoms. The largest absolute Gasteiger partial charge is 0.395 e. The van der Waals surface area contributed by atoms with Crippen LogP contribution in [-0.4, -0.2) is 40.8 Å². The van der Waals surface area contributed by atoms with Crippen LogP contribution in [0.4, 0.5) is 14.9 Å². The van der Waals surface area contributed by atoms with E-state index in [4.69, 9.17) is 5.11 Å². The maximum atomic E-state index is 13.7. The van der Waals surface area contributed by atoms with E-state index in [-0.39, 0.29) is 18.8 Å². The summed E-state index contributed by atoms with van der Waals surface area (Å²) in [7, 11) is 1.53. The SMILES string of the molecule is CN(CCO)C(=O)Nc1cc(-n2cccc2)ccc1F. The molecule has 0 saturated heterocycles. The third-order valence-corrected chi connectivity index (χ3v) is 2.88. The number of aromatic nitrogens is 1. The monoisotopic (exact) mass is 277 g/mol. The zero-order valence-corrected chi connectivity index (χ0v) is 11.1. The molecule has 6 heteroatoms. The average Bonchev–Trinajstić information content (AvgIpc) is 2.95. The highest BCUT2D eigenvalue weighted by molar-refractivity contribution is 5.89. The number of urea groups is 1. The highest BCUT2D eigenvalue weighted by Crippen LogP contribution is 2.19. The minimum atomic E-state index is -0.508. The predicted molar refractivity (Wildman–Crippen MR) is 74.5 cm³/mol. The summed E-state index contributed by atoms with van der Waals surface area (Å²) in [5.41, 5.74) is 0.850. The van der Waals surface area contributed by atoms with Crippen LogP contribution < -0.4 is 5.32 Å². The fourth-order valence-corrected chi connectivity index (χ4v) is 1.74. The molecule has 2 N–H and O–H groups in total. The number of aliphatic hydroxyl groups is 1. The number of rotatable bonds is 4. The number of benzene rings is 1. The molecule has 20 heavy (non-hydrogen) atoms. The summed E-state index contributed by atoms with van der Waals surface area (Å²) in [4.78, 5) is 13.1. The van der Waals surface area contributed by atoms with Gasteiger partial charge in [-0.05, 0) is 30.3 Å². The first-order valence-corrected chi connectivity index (χ1v) is 6.17. The van der Waals surface area contributed by atoms with Gasteiger partial charge in [0.15, 0.2) is 0 Å². The van der Waals surface area contributed by atoms with Crippen LogP contribution in [0.1, 0.15) is 0 Å². The fourth-order valence-electron chi connectivity index (χ4n) is 1.74. The molecule has 5 nitrogen and oxygen atoms in total. The standard InChI is InChI=1S/C14H16FN3O2/c1-17(8-9-19)14(20)16-13-10-11(4-5-12(13)15)18-6-2-3-7-18/h2-7,10,19H,8-9H2,1H3,(H,16,20). The second-order valence-electron chi connectivity index (χ2n) is 4.33. The second kappa shape index (κ2) is 6.21. The number of halogens is 1. The first-order valence-electron chi connectivity index (χ1n) is 6.17. The molecule has 0 aliphatic heterocycles. The van der Waals surface area contributed by atoms with E-state index in [2.05, 4.69) is 5.32 Å². The Hall–Kier alpha value is -2.34. The van der Waals surface area contributed by atoms with Crippen LogP contribution in [0.15, 0.2) is 42.7 Å². The number of carbonyl (C=O) groups is 1. The molecule has 0 aliphatic rings. The molecule has 0 fully saturated rings. The van der Waals surface area contributed by atoms with Gasteiger partial charge in [-0.25, -0.2) is 9.18 Å². The Morgan fingerprint density at radius 2 is 2.10 bits per heavy atom. The molecule has 0 atom stereocenters. The lowest BCUT2D eigenvalue weighted by atomic mass is 10.2. The Bertz CT molecular complexity index is 584. The topological polar surface area (TPSA) is 57.5 Å². The third-order valence-electron chi connectivity index (χ3n) is 2.88. The van der Waals surface area contributed by atoms with Crippen molar-refractivity contribution in [3.8, 4) is 5.69 Å². The summed E-state index contributed by atoms with van der Waals surface area (Å²) in [5, 5.41) is 11.3. The van der Waals surface area contributed by atoms with Gasteiger partial charge >= 0.3 is 6.03 Å². The zero-order valence-electron chi connectivity index (χ0n) is 11.1. The summed E-state index contributed by atoms with van der Waals surface area (Å²) in [6.07, 6.45) is 3.66. The van der Waals surface area contributed by atoms with Crippen LogP contribution >= 0.6 is 0 Å². The fraction of sp³-hybridized carbons (Fsp3) is 0.214. The Morgan fingerprint density at radius 1 is 1.40 bits per heavy atom. The van der Waals surface area contributed by atoms with Crippen molar-refractivity contribution < 1.29 is 14.3 Å². The van der Waals surface area contributed by atoms with E-state index in [0.717, 1.165) is 5.69 Å². The third kappa shape index (κ3) is 3.16. The van der Waals surface area contributed by atoms with E-state index in [1.165, 1.54) is 18.0 Å². The molecule has 1 heterocycles. The molecule has 1 aromatic heterocycles. The highest BCUT2D eigenvalue weighted by Gasteiger charge is 2.11. The van der Waals surface area contributed by atoms with Crippen molar-refractivity contribution in [2.45, 2.75) is 0 Å². The first-order chi connectivity index (χ1) is 9.61. The van der Waals surface area contributed by atoms with Crippen molar-refractivity contribution in [2.24, 2.45) is 0 Å². The van der Waals surface area contributed by atoms with Gasteiger partial charge in [-0.2, -0.15) is 0 Å². The number of anilines is 1. The van der Waals surface area contributed by atoms with Gasteiger partial charge in [0.25, 0.3) is 0 Å². The normalized spacial score (nSPS) is 10.3. The lowest BCUT2D eigenvalue weighted by Crippen LogP contribution is -2.33. The van der Waals surface area contributed by atoms with Crippen molar-refractivity contribution in [3.05, 3.63) is 48.5 Å².